The molecule has 2 nitrogen and oxygen atoms in total. The Morgan fingerprint density at radius 2 is 2.00 bits per heavy atom. The summed E-state index contributed by atoms with van der Waals surface area (Å²) in [5.41, 5.74) is 0. The van der Waals surface area contributed by atoms with Crippen LogP contribution < -0.4 is 5.32 Å². The Morgan fingerprint density at radius 1 is 1.14 bits per heavy atom. The maximum Gasteiger partial charge on any atom is 0.0583 e. The van der Waals surface area contributed by atoms with E-state index < -0.39 is 0 Å². The van der Waals surface area contributed by atoms with Crippen molar-refractivity contribution in [2.45, 2.75) is 57.6 Å². The lowest BCUT2D eigenvalue weighted by Crippen LogP contribution is -2.46. The average molecular weight is 197 g/mol. The number of aliphatic hydroxyl groups excluding tert-OH is 1. The fourth-order valence-electron chi connectivity index (χ4n) is 3.09. The van der Waals surface area contributed by atoms with Gasteiger partial charge in [0, 0.05) is 12.0 Å². The smallest absolute Gasteiger partial charge is 0.0583 e. The first-order chi connectivity index (χ1) is 6.77. The molecule has 2 N–H and O–H groups in total. The van der Waals surface area contributed by atoms with Gasteiger partial charge in [0.05, 0.1) is 6.10 Å². The van der Waals surface area contributed by atoms with Crippen molar-refractivity contribution in [1.29, 1.82) is 0 Å². The van der Waals surface area contributed by atoms with Crippen molar-refractivity contribution >= 4 is 0 Å². The molecule has 0 aromatic carbocycles. The van der Waals surface area contributed by atoms with Gasteiger partial charge in [-0.1, -0.05) is 13.3 Å². The SMILES string of the molecule is C[C@@H]1CC[C@H](O)[C@H]([C@@H]2CCCCN2)C1. The van der Waals surface area contributed by atoms with E-state index in [0.29, 0.717) is 12.0 Å². The molecule has 0 unspecified atom stereocenters. The van der Waals surface area contributed by atoms with Crippen LogP contribution in [0.1, 0.15) is 45.4 Å². The molecule has 1 aliphatic heterocycles. The van der Waals surface area contributed by atoms with Crippen LogP contribution in [0.5, 0.6) is 0 Å². The third-order valence-electron chi connectivity index (χ3n) is 3.99. The summed E-state index contributed by atoms with van der Waals surface area (Å²) in [5.74, 6) is 1.34. The van der Waals surface area contributed by atoms with Crippen LogP contribution in [0.25, 0.3) is 0 Å². The number of aliphatic hydroxyl groups is 1. The molecule has 0 bridgehead atoms. The summed E-state index contributed by atoms with van der Waals surface area (Å²) in [6, 6.07) is 0.599. The lowest BCUT2D eigenvalue weighted by molar-refractivity contribution is 0.0257. The minimum Gasteiger partial charge on any atom is -0.393 e. The van der Waals surface area contributed by atoms with Crippen LogP contribution in [-0.2, 0) is 0 Å². The van der Waals surface area contributed by atoms with Crippen molar-refractivity contribution in [3.8, 4) is 0 Å². The van der Waals surface area contributed by atoms with Gasteiger partial charge in [0.15, 0.2) is 0 Å². The highest BCUT2D eigenvalue weighted by molar-refractivity contribution is 4.88. The minimum absolute atomic E-state index is 0.0400. The predicted octanol–water partition coefficient (Wildman–Crippen LogP) is 1.93. The number of hydrogen-bond acceptors (Lipinski definition) is 2. The Kier molecular flexibility index (Phi) is 3.45. The summed E-state index contributed by atoms with van der Waals surface area (Å²) < 4.78 is 0. The second-order valence-electron chi connectivity index (χ2n) is 5.21. The molecule has 2 fully saturated rings. The maximum absolute atomic E-state index is 10.00. The molecule has 0 amide bonds. The van der Waals surface area contributed by atoms with Crippen molar-refractivity contribution < 1.29 is 5.11 Å². The van der Waals surface area contributed by atoms with Gasteiger partial charge in [0.1, 0.15) is 0 Å². The third-order valence-corrected chi connectivity index (χ3v) is 3.99. The number of nitrogens with one attached hydrogen (secondary N) is 1. The lowest BCUT2D eigenvalue weighted by atomic mass is 9.75. The van der Waals surface area contributed by atoms with Crippen molar-refractivity contribution in [2.75, 3.05) is 6.54 Å². The van der Waals surface area contributed by atoms with Gasteiger partial charge in [-0.05, 0) is 44.6 Å². The molecular weight excluding hydrogens is 174 g/mol. The standard InChI is InChI=1S/C12H23NO/c1-9-5-6-12(14)10(8-9)11-4-2-3-7-13-11/h9-14H,2-8H2,1H3/t9-,10+,11+,12+/m1/s1. The highest BCUT2D eigenvalue weighted by atomic mass is 16.3. The fraction of sp³-hybridized carbons (Fsp3) is 1.00. The van der Waals surface area contributed by atoms with Crippen LogP contribution >= 0.6 is 0 Å². The van der Waals surface area contributed by atoms with E-state index in [1.165, 1.54) is 32.1 Å². The van der Waals surface area contributed by atoms with E-state index in [1.54, 1.807) is 0 Å². The summed E-state index contributed by atoms with van der Waals surface area (Å²) in [6.07, 6.45) is 7.34. The van der Waals surface area contributed by atoms with Gasteiger partial charge in [-0.25, -0.2) is 0 Å². The Bertz CT molecular complexity index is 177. The highest BCUT2D eigenvalue weighted by Gasteiger charge is 2.33. The normalized spacial score (nSPS) is 45.0. The molecule has 0 radical (unpaired) electrons. The first kappa shape index (κ1) is 10.4. The fourth-order valence-corrected chi connectivity index (χ4v) is 3.09. The number of hydrogen-bond donors (Lipinski definition) is 2. The summed E-state index contributed by atoms with van der Waals surface area (Å²) >= 11 is 0. The first-order valence-electron chi connectivity index (χ1n) is 6.19. The van der Waals surface area contributed by atoms with E-state index >= 15 is 0 Å². The molecule has 14 heavy (non-hydrogen) atoms. The van der Waals surface area contributed by atoms with E-state index in [1.807, 2.05) is 0 Å². The molecule has 2 aliphatic rings. The van der Waals surface area contributed by atoms with Crippen molar-refractivity contribution in [3.63, 3.8) is 0 Å². The molecule has 2 rings (SSSR count). The van der Waals surface area contributed by atoms with Crippen LogP contribution in [0.2, 0.25) is 0 Å². The Balaban J connectivity index is 1.92. The second kappa shape index (κ2) is 4.63. The average Bonchev–Trinajstić information content (AvgIpc) is 2.23. The predicted molar refractivity (Wildman–Crippen MR) is 58.2 cm³/mol. The lowest BCUT2D eigenvalue weighted by Gasteiger charge is -2.39. The van der Waals surface area contributed by atoms with Crippen molar-refractivity contribution in [1.82, 2.24) is 5.32 Å². The van der Waals surface area contributed by atoms with Gasteiger partial charge in [-0.15, -0.1) is 0 Å². The van der Waals surface area contributed by atoms with Crippen LogP contribution in [-0.4, -0.2) is 23.8 Å². The van der Waals surface area contributed by atoms with Crippen molar-refractivity contribution in [2.24, 2.45) is 11.8 Å². The number of piperidine rings is 1. The monoisotopic (exact) mass is 197 g/mol. The maximum atomic E-state index is 10.00. The molecule has 4 atom stereocenters. The number of rotatable bonds is 1. The van der Waals surface area contributed by atoms with E-state index in [4.69, 9.17) is 0 Å². The van der Waals surface area contributed by atoms with Crippen LogP contribution in [0, 0.1) is 11.8 Å². The summed E-state index contributed by atoms with van der Waals surface area (Å²) in [4.78, 5) is 0. The quantitative estimate of drug-likeness (QED) is 0.673. The Labute approximate surface area is 87.1 Å². The molecular formula is C12H23NO. The van der Waals surface area contributed by atoms with E-state index in [9.17, 15) is 5.11 Å². The van der Waals surface area contributed by atoms with Gasteiger partial charge >= 0.3 is 0 Å². The van der Waals surface area contributed by atoms with E-state index in [2.05, 4.69) is 12.2 Å². The summed E-state index contributed by atoms with van der Waals surface area (Å²) in [7, 11) is 0. The Morgan fingerprint density at radius 3 is 2.71 bits per heavy atom. The largest absolute Gasteiger partial charge is 0.393 e. The molecule has 0 spiro atoms. The zero-order valence-corrected chi connectivity index (χ0v) is 9.21. The first-order valence-corrected chi connectivity index (χ1v) is 6.19. The molecule has 1 saturated heterocycles. The van der Waals surface area contributed by atoms with E-state index in [0.717, 1.165) is 18.9 Å². The second-order valence-corrected chi connectivity index (χ2v) is 5.21. The topological polar surface area (TPSA) is 32.3 Å². The van der Waals surface area contributed by atoms with Crippen LogP contribution in [0.15, 0.2) is 0 Å². The van der Waals surface area contributed by atoms with Gasteiger partial charge < -0.3 is 10.4 Å². The zero-order valence-electron chi connectivity index (χ0n) is 9.21. The molecule has 0 aromatic rings. The highest BCUT2D eigenvalue weighted by Crippen LogP contribution is 2.33. The Hall–Kier alpha value is -0.0800. The molecule has 1 aliphatic carbocycles. The molecule has 1 saturated carbocycles. The van der Waals surface area contributed by atoms with Gasteiger partial charge in [-0.2, -0.15) is 0 Å². The minimum atomic E-state index is -0.0400. The third kappa shape index (κ3) is 2.29. The molecule has 2 heteroatoms. The van der Waals surface area contributed by atoms with Crippen molar-refractivity contribution in [3.05, 3.63) is 0 Å². The summed E-state index contributed by atoms with van der Waals surface area (Å²) in [6.45, 7) is 3.48. The van der Waals surface area contributed by atoms with Crippen LogP contribution in [0.4, 0.5) is 0 Å². The van der Waals surface area contributed by atoms with E-state index in [-0.39, 0.29) is 6.10 Å². The molecule has 0 aromatic heterocycles. The van der Waals surface area contributed by atoms with Gasteiger partial charge in [-0.3, -0.25) is 0 Å². The molecule has 1 heterocycles. The van der Waals surface area contributed by atoms with Crippen LogP contribution in [0.3, 0.4) is 0 Å². The molecule has 82 valence electrons. The van der Waals surface area contributed by atoms with Gasteiger partial charge in [0.25, 0.3) is 0 Å². The van der Waals surface area contributed by atoms with Gasteiger partial charge in [0.2, 0.25) is 0 Å². The zero-order chi connectivity index (χ0) is 9.97. The summed E-state index contributed by atoms with van der Waals surface area (Å²) in [5, 5.41) is 13.6.